The zero-order chi connectivity index (χ0) is 13.2. The zero-order valence-corrected chi connectivity index (χ0v) is 11.1. The Morgan fingerprint density at radius 3 is 2.68 bits per heavy atom. The van der Waals surface area contributed by atoms with Crippen molar-refractivity contribution in [2.24, 2.45) is 0 Å². The summed E-state index contributed by atoms with van der Waals surface area (Å²) in [6, 6.07) is 11.7. The molecule has 0 fully saturated rings. The average molecular weight is 269 g/mol. The SMILES string of the molecule is CSc1ccc(-c2cc3ncoc3cc2C=O)cc1. The Balaban J connectivity index is 2.18. The summed E-state index contributed by atoms with van der Waals surface area (Å²) in [4.78, 5) is 16.5. The summed E-state index contributed by atoms with van der Waals surface area (Å²) >= 11 is 1.69. The molecular weight excluding hydrogens is 258 g/mol. The molecule has 1 heterocycles. The standard InChI is InChI=1S/C15H11NO2S/c1-19-12-4-2-10(3-5-12)13-7-14-15(18-9-16-14)6-11(13)8-17/h2-9H,1H3. The monoisotopic (exact) mass is 269 g/mol. The average Bonchev–Trinajstić information content (AvgIpc) is 2.93. The lowest BCUT2D eigenvalue weighted by atomic mass is 10.00. The lowest BCUT2D eigenvalue weighted by Crippen LogP contribution is -1.88. The largest absolute Gasteiger partial charge is 0.443 e. The van der Waals surface area contributed by atoms with Crippen molar-refractivity contribution in [2.45, 2.75) is 4.90 Å². The molecule has 19 heavy (non-hydrogen) atoms. The quantitative estimate of drug-likeness (QED) is 0.532. The van der Waals surface area contributed by atoms with Crippen molar-refractivity contribution in [3.05, 3.63) is 48.4 Å². The van der Waals surface area contributed by atoms with E-state index in [1.165, 1.54) is 11.3 Å². The maximum Gasteiger partial charge on any atom is 0.181 e. The van der Waals surface area contributed by atoms with Crippen molar-refractivity contribution in [2.75, 3.05) is 6.26 Å². The molecule has 0 aliphatic heterocycles. The highest BCUT2D eigenvalue weighted by Crippen LogP contribution is 2.28. The first-order chi connectivity index (χ1) is 9.31. The number of thioether (sulfide) groups is 1. The van der Waals surface area contributed by atoms with Crippen molar-refractivity contribution >= 4 is 29.1 Å². The van der Waals surface area contributed by atoms with Gasteiger partial charge in [-0.2, -0.15) is 0 Å². The molecule has 0 saturated carbocycles. The smallest absolute Gasteiger partial charge is 0.181 e. The number of benzene rings is 2. The van der Waals surface area contributed by atoms with E-state index in [0.717, 1.165) is 22.9 Å². The van der Waals surface area contributed by atoms with E-state index < -0.39 is 0 Å². The van der Waals surface area contributed by atoms with Crippen LogP contribution in [-0.4, -0.2) is 17.5 Å². The number of carbonyl (C=O) groups excluding carboxylic acids is 1. The van der Waals surface area contributed by atoms with Crippen molar-refractivity contribution in [3.63, 3.8) is 0 Å². The van der Waals surface area contributed by atoms with E-state index in [1.807, 2.05) is 36.6 Å². The van der Waals surface area contributed by atoms with Gasteiger partial charge >= 0.3 is 0 Å². The molecule has 2 aromatic carbocycles. The third-order valence-corrected chi connectivity index (χ3v) is 3.77. The first-order valence-corrected chi connectivity index (χ1v) is 7.01. The van der Waals surface area contributed by atoms with Crippen LogP contribution in [0.25, 0.3) is 22.2 Å². The molecule has 0 saturated heterocycles. The lowest BCUT2D eigenvalue weighted by molar-refractivity contribution is 0.112. The summed E-state index contributed by atoms with van der Waals surface area (Å²) < 4.78 is 5.21. The second-order valence-corrected chi connectivity index (χ2v) is 4.99. The van der Waals surface area contributed by atoms with Gasteiger partial charge in [0.05, 0.1) is 0 Å². The Kier molecular flexibility index (Phi) is 3.09. The van der Waals surface area contributed by atoms with Crippen molar-refractivity contribution < 1.29 is 9.21 Å². The molecule has 0 atom stereocenters. The van der Waals surface area contributed by atoms with Crippen LogP contribution in [0.2, 0.25) is 0 Å². The minimum atomic E-state index is 0.612. The van der Waals surface area contributed by atoms with E-state index in [4.69, 9.17) is 4.42 Å². The summed E-state index contributed by atoms with van der Waals surface area (Å²) in [5.74, 6) is 0. The highest BCUT2D eigenvalue weighted by atomic mass is 32.2. The molecule has 3 rings (SSSR count). The molecule has 94 valence electrons. The van der Waals surface area contributed by atoms with E-state index in [9.17, 15) is 4.79 Å². The van der Waals surface area contributed by atoms with Crippen molar-refractivity contribution in [1.82, 2.24) is 4.98 Å². The molecule has 0 radical (unpaired) electrons. The first-order valence-electron chi connectivity index (χ1n) is 5.78. The topological polar surface area (TPSA) is 43.1 Å². The van der Waals surface area contributed by atoms with Crippen LogP contribution in [0, 0.1) is 0 Å². The Morgan fingerprint density at radius 2 is 2.00 bits per heavy atom. The predicted octanol–water partition coefficient (Wildman–Crippen LogP) is 4.03. The number of aromatic nitrogens is 1. The van der Waals surface area contributed by atoms with Gasteiger partial charge in [-0.05, 0) is 41.6 Å². The molecule has 3 nitrogen and oxygen atoms in total. The summed E-state index contributed by atoms with van der Waals surface area (Å²) in [7, 11) is 0. The number of aldehydes is 1. The van der Waals surface area contributed by atoms with Gasteiger partial charge in [0.25, 0.3) is 0 Å². The second-order valence-electron chi connectivity index (χ2n) is 4.11. The number of hydrogen-bond donors (Lipinski definition) is 0. The normalized spacial score (nSPS) is 10.8. The third kappa shape index (κ3) is 2.15. The number of hydrogen-bond acceptors (Lipinski definition) is 4. The molecule has 0 unspecified atom stereocenters. The highest BCUT2D eigenvalue weighted by Gasteiger charge is 2.09. The van der Waals surface area contributed by atoms with Crippen LogP contribution in [-0.2, 0) is 0 Å². The summed E-state index contributed by atoms with van der Waals surface area (Å²) in [6.45, 7) is 0. The zero-order valence-electron chi connectivity index (χ0n) is 10.3. The van der Waals surface area contributed by atoms with E-state index in [-0.39, 0.29) is 0 Å². The number of carbonyl (C=O) groups is 1. The van der Waals surface area contributed by atoms with Gasteiger partial charge in [-0.25, -0.2) is 4.98 Å². The highest BCUT2D eigenvalue weighted by molar-refractivity contribution is 7.98. The Hall–Kier alpha value is -2.07. The fraction of sp³-hybridized carbons (Fsp3) is 0.0667. The summed E-state index contributed by atoms with van der Waals surface area (Å²) in [5.41, 5.74) is 3.89. The molecule has 0 N–H and O–H groups in total. The van der Waals surface area contributed by atoms with Crippen LogP contribution >= 0.6 is 11.8 Å². The van der Waals surface area contributed by atoms with Crippen LogP contribution in [0.4, 0.5) is 0 Å². The molecule has 4 heteroatoms. The van der Waals surface area contributed by atoms with E-state index in [2.05, 4.69) is 4.98 Å². The van der Waals surface area contributed by atoms with Crippen LogP contribution < -0.4 is 0 Å². The van der Waals surface area contributed by atoms with Gasteiger partial charge in [0.2, 0.25) is 0 Å². The van der Waals surface area contributed by atoms with E-state index >= 15 is 0 Å². The maximum atomic E-state index is 11.2. The predicted molar refractivity (Wildman–Crippen MR) is 76.6 cm³/mol. The molecule has 0 bridgehead atoms. The van der Waals surface area contributed by atoms with Crippen molar-refractivity contribution in [3.8, 4) is 11.1 Å². The minimum Gasteiger partial charge on any atom is -0.443 e. The molecule has 0 spiro atoms. The van der Waals surface area contributed by atoms with Crippen LogP contribution in [0.5, 0.6) is 0 Å². The Bertz CT molecular complexity index is 731. The molecule has 3 aromatic rings. The van der Waals surface area contributed by atoms with Gasteiger partial charge in [0.15, 0.2) is 18.3 Å². The number of oxazole rings is 1. The molecule has 0 aliphatic rings. The van der Waals surface area contributed by atoms with Gasteiger partial charge in [-0.3, -0.25) is 4.79 Å². The summed E-state index contributed by atoms with van der Waals surface area (Å²) in [6.07, 6.45) is 4.27. The van der Waals surface area contributed by atoms with Crippen LogP contribution in [0.3, 0.4) is 0 Å². The summed E-state index contributed by atoms with van der Waals surface area (Å²) in [5, 5.41) is 0. The number of rotatable bonds is 3. The fourth-order valence-corrected chi connectivity index (χ4v) is 2.45. The van der Waals surface area contributed by atoms with Crippen LogP contribution in [0.15, 0.2) is 52.1 Å². The first kappa shape index (κ1) is 12.0. The number of nitrogens with zero attached hydrogens (tertiary/aromatic N) is 1. The van der Waals surface area contributed by atoms with E-state index in [0.29, 0.717) is 11.1 Å². The van der Waals surface area contributed by atoms with Gasteiger partial charge in [0, 0.05) is 10.5 Å². The Labute approximate surface area is 114 Å². The van der Waals surface area contributed by atoms with Crippen molar-refractivity contribution in [1.29, 1.82) is 0 Å². The number of fused-ring (bicyclic) bond motifs is 1. The third-order valence-electron chi connectivity index (χ3n) is 3.03. The molecule has 1 aromatic heterocycles. The van der Waals surface area contributed by atoms with Gasteiger partial charge in [-0.15, -0.1) is 11.8 Å². The lowest BCUT2D eigenvalue weighted by Gasteiger charge is -2.06. The van der Waals surface area contributed by atoms with Gasteiger partial charge in [0.1, 0.15) is 5.52 Å². The molecular formula is C15H11NO2S. The van der Waals surface area contributed by atoms with E-state index in [1.54, 1.807) is 17.8 Å². The molecule has 0 aliphatic carbocycles. The second kappa shape index (κ2) is 4.90. The van der Waals surface area contributed by atoms with Gasteiger partial charge in [-0.1, -0.05) is 12.1 Å². The fourth-order valence-electron chi connectivity index (χ4n) is 2.04. The molecule has 0 amide bonds. The van der Waals surface area contributed by atoms with Crippen LogP contribution in [0.1, 0.15) is 10.4 Å². The van der Waals surface area contributed by atoms with Gasteiger partial charge < -0.3 is 4.42 Å². The Morgan fingerprint density at radius 1 is 1.21 bits per heavy atom. The maximum absolute atomic E-state index is 11.2. The minimum absolute atomic E-state index is 0.612.